The van der Waals surface area contributed by atoms with E-state index in [1.807, 2.05) is 0 Å². The highest BCUT2D eigenvalue weighted by Gasteiger charge is 2.28. The molecule has 0 heterocycles. The molecule has 0 spiro atoms. The fourth-order valence-electron chi connectivity index (χ4n) is 1.34. The number of rotatable bonds is 8. The van der Waals surface area contributed by atoms with Crippen LogP contribution in [-0.2, 0) is 19.2 Å². The molecule has 20 heavy (non-hydrogen) atoms. The smallest absolute Gasteiger partial charge is 0.323 e. The second-order valence-electron chi connectivity index (χ2n) is 4.21. The molecule has 0 bridgehead atoms. The third-order valence-electron chi connectivity index (χ3n) is 2.60. The summed E-state index contributed by atoms with van der Waals surface area (Å²) in [6, 6.07) is -2.23. The first kappa shape index (κ1) is 18.0. The van der Waals surface area contributed by atoms with Crippen LogP contribution in [0.4, 0.5) is 0 Å². The van der Waals surface area contributed by atoms with Crippen molar-refractivity contribution < 1.29 is 29.4 Å². The second kappa shape index (κ2) is 8.23. The molecule has 0 aliphatic rings. The molecule has 9 heteroatoms. The molecule has 0 radical (unpaired) electrons. The maximum atomic E-state index is 11.8. The molecule has 0 saturated heterocycles. The van der Waals surface area contributed by atoms with Crippen molar-refractivity contribution in [1.82, 2.24) is 4.90 Å². The molecule has 0 saturated carbocycles. The molecule has 0 aromatic heterocycles. The Bertz CT molecular complexity index is 398. The summed E-state index contributed by atoms with van der Waals surface area (Å²) >= 11 is 0. The minimum Gasteiger partial charge on any atom is -0.480 e. The van der Waals surface area contributed by atoms with Crippen LogP contribution in [0.3, 0.4) is 0 Å². The Hall–Kier alpha value is -2.00. The number of imide groups is 1. The monoisotopic (exact) mass is 289 g/mol. The van der Waals surface area contributed by atoms with E-state index in [4.69, 9.17) is 21.7 Å². The number of hydrogen-bond donors (Lipinski definition) is 4. The van der Waals surface area contributed by atoms with Gasteiger partial charge < -0.3 is 21.7 Å². The van der Waals surface area contributed by atoms with Gasteiger partial charge in [0, 0.05) is 6.42 Å². The molecule has 0 aromatic carbocycles. The van der Waals surface area contributed by atoms with Gasteiger partial charge in [-0.1, -0.05) is 6.92 Å². The zero-order valence-corrected chi connectivity index (χ0v) is 11.1. The average Bonchev–Trinajstić information content (AvgIpc) is 2.39. The van der Waals surface area contributed by atoms with Gasteiger partial charge in [-0.25, -0.2) is 0 Å². The summed E-state index contributed by atoms with van der Waals surface area (Å²) in [5.41, 5.74) is 10.7. The Morgan fingerprint density at radius 3 is 2.05 bits per heavy atom. The number of nitrogens with zero attached hydrogens (tertiary/aromatic N) is 1. The lowest BCUT2D eigenvalue weighted by Gasteiger charge is -2.22. The SMILES string of the molecule is CC[C@H](N)C(=O)N(CC(=O)O)C(=O)CC[C@H](N)C(=O)O. The first-order valence-corrected chi connectivity index (χ1v) is 6.00. The van der Waals surface area contributed by atoms with Crippen LogP contribution in [0, 0.1) is 0 Å². The minimum absolute atomic E-state index is 0.196. The van der Waals surface area contributed by atoms with Gasteiger partial charge in [-0.3, -0.25) is 24.1 Å². The van der Waals surface area contributed by atoms with E-state index in [1.165, 1.54) is 0 Å². The van der Waals surface area contributed by atoms with E-state index >= 15 is 0 Å². The molecule has 9 nitrogen and oxygen atoms in total. The van der Waals surface area contributed by atoms with Gasteiger partial charge in [0.2, 0.25) is 11.8 Å². The Balaban J connectivity index is 4.77. The largest absolute Gasteiger partial charge is 0.480 e. The van der Waals surface area contributed by atoms with Crippen LogP contribution in [0.25, 0.3) is 0 Å². The normalized spacial score (nSPS) is 13.3. The molecule has 0 fully saturated rings. The van der Waals surface area contributed by atoms with Crippen molar-refractivity contribution in [2.45, 2.75) is 38.3 Å². The maximum Gasteiger partial charge on any atom is 0.323 e. The molecular weight excluding hydrogens is 270 g/mol. The van der Waals surface area contributed by atoms with E-state index in [1.54, 1.807) is 6.92 Å². The van der Waals surface area contributed by atoms with Crippen LogP contribution < -0.4 is 11.5 Å². The summed E-state index contributed by atoms with van der Waals surface area (Å²) in [6.07, 6.45) is -0.293. The number of carboxylic acids is 2. The van der Waals surface area contributed by atoms with Crippen LogP contribution in [0.5, 0.6) is 0 Å². The highest BCUT2D eigenvalue weighted by atomic mass is 16.4. The number of carbonyl (C=O) groups excluding carboxylic acids is 2. The summed E-state index contributed by atoms with van der Waals surface area (Å²) < 4.78 is 0. The van der Waals surface area contributed by atoms with Crippen LogP contribution in [0.2, 0.25) is 0 Å². The second-order valence-corrected chi connectivity index (χ2v) is 4.21. The predicted octanol–water partition coefficient (Wildman–Crippen LogP) is -1.64. The van der Waals surface area contributed by atoms with Crippen LogP contribution >= 0.6 is 0 Å². The lowest BCUT2D eigenvalue weighted by molar-refractivity contribution is -0.153. The van der Waals surface area contributed by atoms with Crippen molar-refractivity contribution >= 4 is 23.8 Å². The number of aliphatic carboxylic acids is 2. The number of amides is 2. The molecule has 114 valence electrons. The number of nitrogens with two attached hydrogens (primary N) is 2. The summed E-state index contributed by atoms with van der Waals surface area (Å²) in [5.74, 6) is -4.25. The first-order chi connectivity index (χ1) is 9.20. The standard InChI is InChI=1S/C11H19N3O6/c1-2-6(12)10(18)14(5-9(16)17)8(15)4-3-7(13)11(19)20/h6-7H,2-5,12-13H2,1H3,(H,16,17)(H,19,20)/t6-,7-/m0/s1. The summed E-state index contributed by atoms with van der Waals surface area (Å²) in [6.45, 7) is 0.806. The molecule has 6 N–H and O–H groups in total. The van der Waals surface area contributed by atoms with E-state index in [0.29, 0.717) is 4.90 Å². The lowest BCUT2D eigenvalue weighted by Crippen LogP contribution is -2.49. The Morgan fingerprint density at radius 2 is 1.65 bits per heavy atom. The van der Waals surface area contributed by atoms with Gasteiger partial charge in [0.1, 0.15) is 12.6 Å². The van der Waals surface area contributed by atoms with Crippen LogP contribution in [0.15, 0.2) is 0 Å². The Labute approximate surface area is 115 Å². The highest BCUT2D eigenvalue weighted by molar-refractivity contribution is 6.00. The van der Waals surface area contributed by atoms with Gasteiger partial charge in [-0.05, 0) is 12.8 Å². The van der Waals surface area contributed by atoms with E-state index < -0.39 is 42.4 Å². The highest BCUT2D eigenvalue weighted by Crippen LogP contribution is 2.04. The van der Waals surface area contributed by atoms with Crippen molar-refractivity contribution in [3.63, 3.8) is 0 Å². The van der Waals surface area contributed by atoms with Gasteiger partial charge in [0.25, 0.3) is 0 Å². The Kier molecular flexibility index (Phi) is 7.40. The molecular formula is C11H19N3O6. The van der Waals surface area contributed by atoms with E-state index in [0.717, 1.165) is 0 Å². The summed E-state index contributed by atoms with van der Waals surface area (Å²) in [4.78, 5) is 45.3. The fraction of sp³-hybridized carbons (Fsp3) is 0.636. The van der Waals surface area contributed by atoms with Crippen molar-refractivity contribution in [2.24, 2.45) is 11.5 Å². The molecule has 0 rings (SSSR count). The molecule has 2 amide bonds. The van der Waals surface area contributed by atoms with Crippen molar-refractivity contribution in [3.05, 3.63) is 0 Å². The number of hydrogen-bond acceptors (Lipinski definition) is 6. The van der Waals surface area contributed by atoms with Gasteiger partial charge in [-0.2, -0.15) is 0 Å². The van der Waals surface area contributed by atoms with Gasteiger partial charge in [0.05, 0.1) is 6.04 Å². The molecule has 0 aromatic rings. The van der Waals surface area contributed by atoms with Crippen LogP contribution in [-0.4, -0.2) is 57.5 Å². The van der Waals surface area contributed by atoms with Gasteiger partial charge >= 0.3 is 11.9 Å². The van der Waals surface area contributed by atoms with Crippen molar-refractivity contribution in [3.8, 4) is 0 Å². The zero-order chi connectivity index (χ0) is 15.9. The van der Waals surface area contributed by atoms with E-state index in [9.17, 15) is 19.2 Å². The Morgan fingerprint density at radius 1 is 1.10 bits per heavy atom. The van der Waals surface area contributed by atoms with Gasteiger partial charge in [0.15, 0.2) is 0 Å². The number of carboxylic acid groups (broad SMARTS) is 2. The third-order valence-corrected chi connectivity index (χ3v) is 2.60. The lowest BCUT2D eigenvalue weighted by atomic mass is 10.1. The first-order valence-electron chi connectivity index (χ1n) is 6.00. The minimum atomic E-state index is -1.36. The molecule has 0 unspecified atom stereocenters. The van der Waals surface area contributed by atoms with Gasteiger partial charge in [-0.15, -0.1) is 0 Å². The van der Waals surface area contributed by atoms with Crippen LogP contribution in [0.1, 0.15) is 26.2 Å². The van der Waals surface area contributed by atoms with Crippen molar-refractivity contribution in [2.75, 3.05) is 6.54 Å². The maximum absolute atomic E-state index is 11.8. The zero-order valence-electron chi connectivity index (χ0n) is 11.1. The summed E-state index contributed by atoms with van der Waals surface area (Å²) in [5, 5.41) is 17.3. The predicted molar refractivity (Wildman–Crippen MR) is 67.5 cm³/mol. The van der Waals surface area contributed by atoms with Crippen molar-refractivity contribution in [1.29, 1.82) is 0 Å². The summed E-state index contributed by atoms with van der Waals surface area (Å²) in [7, 11) is 0. The number of carbonyl (C=O) groups is 4. The molecule has 2 atom stereocenters. The molecule has 0 aliphatic heterocycles. The van der Waals surface area contributed by atoms with E-state index in [-0.39, 0.29) is 19.3 Å². The van der Waals surface area contributed by atoms with E-state index in [2.05, 4.69) is 0 Å². The topological polar surface area (TPSA) is 164 Å². The molecule has 0 aliphatic carbocycles. The quantitative estimate of drug-likeness (QED) is 0.413. The fourth-order valence-corrected chi connectivity index (χ4v) is 1.34. The average molecular weight is 289 g/mol. The third kappa shape index (κ3) is 5.76.